The number of hydrogen-bond acceptors (Lipinski definition) is 2. The summed E-state index contributed by atoms with van der Waals surface area (Å²) in [6.07, 6.45) is 0.513. The van der Waals surface area contributed by atoms with Crippen LogP contribution in [0, 0.1) is 5.82 Å². The summed E-state index contributed by atoms with van der Waals surface area (Å²) in [7, 11) is 0. The Labute approximate surface area is 107 Å². The number of aliphatic hydroxyl groups excluding tert-OH is 1. The lowest BCUT2D eigenvalue weighted by Crippen LogP contribution is -2.35. The molecule has 1 aromatic rings. The first-order chi connectivity index (χ1) is 8.11. The smallest absolute Gasteiger partial charge is 0.315 e. The second-order valence-corrected chi connectivity index (χ2v) is 4.38. The highest BCUT2D eigenvalue weighted by molar-refractivity contribution is 9.10. The number of carbonyl (C=O) groups is 1. The first-order valence-electron chi connectivity index (χ1n) is 5.19. The molecule has 0 aliphatic rings. The molecule has 0 heterocycles. The maximum atomic E-state index is 13.0. The zero-order valence-electron chi connectivity index (χ0n) is 9.17. The van der Waals surface area contributed by atoms with Crippen LogP contribution in [0.2, 0.25) is 0 Å². The van der Waals surface area contributed by atoms with E-state index < -0.39 is 0 Å². The van der Waals surface area contributed by atoms with Crippen molar-refractivity contribution in [3.05, 3.63) is 34.1 Å². The minimum atomic E-state index is -0.350. The SMILES string of the molecule is O=C(NCCCO)NCc1cc(F)cc(Br)c1. The molecule has 2 amide bonds. The molecule has 94 valence electrons. The van der Waals surface area contributed by atoms with E-state index in [0.717, 1.165) is 0 Å². The molecule has 17 heavy (non-hydrogen) atoms. The van der Waals surface area contributed by atoms with Crippen molar-refractivity contribution in [3.8, 4) is 0 Å². The lowest BCUT2D eigenvalue weighted by atomic mass is 10.2. The third kappa shape index (κ3) is 5.65. The number of aliphatic hydroxyl groups is 1. The lowest BCUT2D eigenvalue weighted by molar-refractivity contribution is 0.237. The average molecular weight is 305 g/mol. The van der Waals surface area contributed by atoms with Gasteiger partial charge in [0, 0.05) is 24.2 Å². The third-order valence-corrected chi connectivity index (χ3v) is 2.45. The molecule has 0 bridgehead atoms. The fourth-order valence-corrected chi connectivity index (χ4v) is 1.75. The Kier molecular flexibility index (Phi) is 5.93. The van der Waals surface area contributed by atoms with Crippen molar-refractivity contribution in [1.82, 2.24) is 10.6 Å². The molecule has 0 aliphatic carbocycles. The number of carbonyl (C=O) groups excluding carboxylic acids is 1. The Balaban J connectivity index is 2.36. The molecule has 0 aromatic heterocycles. The molecular formula is C11H14BrFN2O2. The second kappa shape index (κ2) is 7.24. The Morgan fingerprint density at radius 3 is 2.76 bits per heavy atom. The molecule has 0 saturated heterocycles. The highest BCUT2D eigenvalue weighted by Crippen LogP contribution is 2.14. The molecule has 1 rings (SSSR count). The van der Waals surface area contributed by atoms with Crippen LogP contribution in [0.5, 0.6) is 0 Å². The van der Waals surface area contributed by atoms with E-state index >= 15 is 0 Å². The molecule has 0 radical (unpaired) electrons. The molecule has 6 heteroatoms. The van der Waals surface area contributed by atoms with Gasteiger partial charge in [0.25, 0.3) is 0 Å². The van der Waals surface area contributed by atoms with E-state index in [1.165, 1.54) is 12.1 Å². The van der Waals surface area contributed by atoms with Gasteiger partial charge in [0.2, 0.25) is 0 Å². The van der Waals surface area contributed by atoms with Gasteiger partial charge in [-0.25, -0.2) is 9.18 Å². The Morgan fingerprint density at radius 1 is 1.35 bits per heavy atom. The molecule has 0 unspecified atom stereocenters. The van der Waals surface area contributed by atoms with Gasteiger partial charge in [-0.1, -0.05) is 15.9 Å². The highest BCUT2D eigenvalue weighted by atomic mass is 79.9. The second-order valence-electron chi connectivity index (χ2n) is 3.46. The molecular weight excluding hydrogens is 291 g/mol. The zero-order valence-corrected chi connectivity index (χ0v) is 10.8. The van der Waals surface area contributed by atoms with Crippen LogP contribution in [0.1, 0.15) is 12.0 Å². The fraction of sp³-hybridized carbons (Fsp3) is 0.364. The molecule has 4 nitrogen and oxygen atoms in total. The summed E-state index contributed by atoms with van der Waals surface area (Å²) in [5.74, 6) is -0.350. The lowest BCUT2D eigenvalue weighted by Gasteiger charge is -2.07. The fourth-order valence-electron chi connectivity index (χ4n) is 1.24. The molecule has 0 aliphatic heterocycles. The maximum Gasteiger partial charge on any atom is 0.315 e. The van der Waals surface area contributed by atoms with Crippen molar-refractivity contribution >= 4 is 22.0 Å². The largest absolute Gasteiger partial charge is 0.396 e. The predicted molar refractivity (Wildman–Crippen MR) is 66.0 cm³/mol. The zero-order chi connectivity index (χ0) is 12.7. The standard InChI is InChI=1S/C11H14BrFN2O2/c12-9-4-8(5-10(13)6-9)7-15-11(17)14-2-1-3-16/h4-6,16H,1-3,7H2,(H2,14,15,17). The van der Waals surface area contributed by atoms with Gasteiger partial charge in [-0.2, -0.15) is 0 Å². The van der Waals surface area contributed by atoms with Gasteiger partial charge in [-0.15, -0.1) is 0 Å². The van der Waals surface area contributed by atoms with Crippen LogP contribution in [0.3, 0.4) is 0 Å². The molecule has 0 atom stereocenters. The Bertz CT molecular complexity index is 367. The van der Waals surface area contributed by atoms with Crippen LogP contribution >= 0.6 is 15.9 Å². The van der Waals surface area contributed by atoms with Crippen molar-refractivity contribution in [2.75, 3.05) is 13.2 Å². The van der Waals surface area contributed by atoms with Crippen LogP contribution in [0.25, 0.3) is 0 Å². The molecule has 3 N–H and O–H groups in total. The summed E-state index contributed by atoms with van der Waals surface area (Å²) in [5, 5.41) is 13.7. The van der Waals surface area contributed by atoms with Crippen molar-refractivity contribution in [2.24, 2.45) is 0 Å². The van der Waals surface area contributed by atoms with Gasteiger partial charge >= 0.3 is 6.03 Å². The summed E-state index contributed by atoms with van der Waals surface area (Å²) in [5.41, 5.74) is 0.675. The predicted octanol–water partition coefficient (Wildman–Crippen LogP) is 1.77. The van der Waals surface area contributed by atoms with E-state index in [4.69, 9.17) is 5.11 Å². The van der Waals surface area contributed by atoms with Crippen LogP contribution in [-0.4, -0.2) is 24.3 Å². The van der Waals surface area contributed by atoms with E-state index in [0.29, 0.717) is 23.0 Å². The summed E-state index contributed by atoms with van der Waals surface area (Å²) in [6, 6.07) is 4.11. The van der Waals surface area contributed by atoms with Crippen LogP contribution < -0.4 is 10.6 Å². The van der Waals surface area contributed by atoms with Crippen molar-refractivity contribution in [3.63, 3.8) is 0 Å². The monoisotopic (exact) mass is 304 g/mol. The van der Waals surface area contributed by atoms with Gasteiger partial charge in [0.15, 0.2) is 0 Å². The Hall–Kier alpha value is -1.14. The Morgan fingerprint density at radius 2 is 2.12 bits per heavy atom. The maximum absolute atomic E-state index is 13.0. The van der Waals surface area contributed by atoms with Crippen LogP contribution in [0.4, 0.5) is 9.18 Å². The summed E-state index contributed by atoms with van der Waals surface area (Å²) in [6.45, 7) is 0.702. The van der Waals surface area contributed by atoms with Gasteiger partial charge < -0.3 is 15.7 Å². The molecule has 1 aromatic carbocycles. The minimum absolute atomic E-state index is 0.0388. The topological polar surface area (TPSA) is 61.4 Å². The number of rotatable bonds is 5. The highest BCUT2D eigenvalue weighted by Gasteiger charge is 2.02. The van der Waals surface area contributed by atoms with Crippen molar-refractivity contribution in [1.29, 1.82) is 0 Å². The minimum Gasteiger partial charge on any atom is -0.396 e. The van der Waals surface area contributed by atoms with Crippen LogP contribution in [-0.2, 0) is 6.54 Å². The summed E-state index contributed by atoms with van der Waals surface area (Å²) >= 11 is 3.18. The number of benzene rings is 1. The molecule has 0 fully saturated rings. The first-order valence-corrected chi connectivity index (χ1v) is 5.98. The first kappa shape index (κ1) is 13.9. The van der Waals surface area contributed by atoms with Gasteiger partial charge in [-0.05, 0) is 30.2 Å². The third-order valence-electron chi connectivity index (χ3n) is 2.00. The van der Waals surface area contributed by atoms with Crippen LogP contribution in [0.15, 0.2) is 22.7 Å². The summed E-state index contributed by atoms with van der Waals surface area (Å²) in [4.78, 5) is 11.3. The number of halogens is 2. The van der Waals surface area contributed by atoms with Crippen molar-refractivity contribution < 1.29 is 14.3 Å². The molecule has 0 saturated carbocycles. The van der Waals surface area contributed by atoms with Gasteiger partial charge in [0.1, 0.15) is 5.82 Å². The van der Waals surface area contributed by atoms with Crippen molar-refractivity contribution in [2.45, 2.75) is 13.0 Å². The summed E-state index contributed by atoms with van der Waals surface area (Å²) < 4.78 is 13.6. The number of hydrogen-bond donors (Lipinski definition) is 3. The van der Waals surface area contributed by atoms with Gasteiger partial charge in [-0.3, -0.25) is 0 Å². The normalized spacial score (nSPS) is 10.1. The van der Waals surface area contributed by atoms with Gasteiger partial charge in [0.05, 0.1) is 0 Å². The van der Waals surface area contributed by atoms with E-state index in [1.807, 2.05) is 0 Å². The number of amides is 2. The van der Waals surface area contributed by atoms with E-state index in [2.05, 4.69) is 26.6 Å². The van der Waals surface area contributed by atoms with E-state index in [-0.39, 0.29) is 25.0 Å². The average Bonchev–Trinajstić information content (AvgIpc) is 2.25. The quantitative estimate of drug-likeness (QED) is 0.726. The van der Waals surface area contributed by atoms with E-state index in [9.17, 15) is 9.18 Å². The molecule has 0 spiro atoms. The number of nitrogens with one attached hydrogen (secondary N) is 2. The number of urea groups is 1. The van der Waals surface area contributed by atoms with E-state index in [1.54, 1.807) is 6.07 Å².